The molecule has 3 nitrogen and oxygen atoms in total. The van der Waals surface area contributed by atoms with Gasteiger partial charge in [0, 0.05) is 0 Å². The molecule has 0 aliphatic heterocycles. The lowest BCUT2D eigenvalue weighted by atomic mass is 9.78. The summed E-state index contributed by atoms with van der Waals surface area (Å²) in [4.78, 5) is 12.8. The molecule has 6 heteroatoms. The van der Waals surface area contributed by atoms with Crippen LogP contribution in [0.25, 0.3) is 0 Å². The Labute approximate surface area is 135 Å². The van der Waals surface area contributed by atoms with E-state index in [9.17, 15) is 9.18 Å². The van der Waals surface area contributed by atoms with Gasteiger partial charge in [-0.2, -0.15) is 0 Å². The summed E-state index contributed by atoms with van der Waals surface area (Å²) in [5.74, 6) is -0.743. The van der Waals surface area contributed by atoms with Crippen LogP contribution < -0.4 is 11.1 Å². The standard InChI is InChI=1S/C15H20ClFN2OS/c1-3-7-15(8-4-2,13(18)21)14(20)19-12-6-5-10(17)9-11(12)16/h5-6,9H,3-4,7-8H2,1-2H3,(H2,18,21)(H,19,20). The molecule has 0 aliphatic carbocycles. The molecule has 21 heavy (non-hydrogen) atoms. The van der Waals surface area contributed by atoms with E-state index in [1.807, 2.05) is 13.8 Å². The molecular formula is C15H20ClFN2OS. The lowest BCUT2D eigenvalue weighted by Crippen LogP contribution is -2.46. The number of anilines is 1. The summed E-state index contributed by atoms with van der Waals surface area (Å²) in [6, 6.07) is 3.82. The second kappa shape index (κ2) is 7.71. The predicted molar refractivity (Wildman–Crippen MR) is 89.1 cm³/mol. The first-order chi connectivity index (χ1) is 9.87. The molecule has 1 rings (SSSR count). The van der Waals surface area contributed by atoms with Gasteiger partial charge < -0.3 is 11.1 Å². The Morgan fingerprint density at radius 3 is 2.38 bits per heavy atom. The molecule has 0 bridgehead atoms. The Balaban J connectivity index is 3.08. The summed E-state index contributed by atoms with van der Waals surface area (Å²) in [5, 5.41) is 2.87. The SMILES string of the molecule is CCCC(CCC)(C(=O)Nc1ccc(F)cc1Cl)C(N)=S. The lowest BCUT2D eigenvalue weighted by molar-refractivity contribution is -0.122. The van der Waals surface area contributed by atoms with E-state index in [0.717, 1.165) is 18.9 Å². The van der Waals surface area contributed by atoms with Crippen molar-refractivity contribution in [2.75, 3.05) is 5.32 Å². The van der Waals surface area contributed by atoms with Gasteiger partial charge in [-0.15, -0.1) is 0 Å². The van der Waals surface area contributed by atoms with Crippen LogP contribution >= 0.6 is 23.8 Å². The van der Waals surface area contributed by atoms with Crippen molar-refractivity contribution >= 4 is 40.4 Å². The van der Waals surface area contributed by atoms with Crippen molar-refractivity contribution in [1.29, 1.82) is 0 Å². The third-order valence-electron chi connectivity index (χ3n) is 3.44. The number of nitrogens with one attached hydrogen (secondary N) is 1. The summed E-state index contributed by atoms with van der Waals surface area (Å²) < 4.78 is 13.1. The zero-order valence-electron chi connectivity index (χ0n) is 12.2. The number of rotatable bonds is 7. The third kappa shape index (κ3) is 4.14. The summed E-state index contributed by atoms with van der Waals surface area (Å²) >= 11 is 11.1. The Morgan fingerprint density at radius 1 is 1.38 bits per heavy atom. The lowest BCUT2D eigenvalue weighted by Gasteiger charge is -2.31. The van der Waals surface area contributed by atoms with Crippen LogP contribution in [-0.4, -0.2) is 10.9 Å². The fourth-order valence-electron chi connectivity index (χ4n) is 2.40. The third-order valence-corrected chi connectivity index (χ3v) is 4.14. The number of halogens is 2. The fraction of sp³-hybridized carbons (Fsp3) is 0.467. The Morgan fingerprint density at radius 2 is 1.95 bits per heavy atom. The van der Waals surface area contributed by atoms with E-state index in [1.54, 1.807) is 0 Å². The topological polar surface area (TPSA) is 55.1 Å². The second-order valence-electron chi connectivity index (χ2n) is 5.02. The maximum Gasteiger partial charge on any atom is 0.237 e. The summed E-state index contributed by atoms with van der Waals surface area (Å²) in [6.45, 7) is 3.95. The van der Waals surface area contributed by atoms with Crippen LogP contribution in [0, 0.1) is 11.2 Å². The molecule has 0 saturated carbocycles. The average Bonchev–Trinajstić information content (AvgIpc) is 2.41. The van der Waals surface area contributed by atoms with E-state index in [1.165, 1.54) is 12.1 Å². The highest BCUT2D eigenvalue weighted by Gasteiger charge is 2.40. The predicted octanol–water partition coefficient (Wildman–Crippen LogP) is 4.29. The minimum atomic E-state index is -0.892. The van der Waals surface area contributed by atoms with E-state index in [2.05, 4.69) is 5.32 Å². The quantitative estimate of drug-likeness (QED) is 0.733. The molecule has 0 saturated heterocycles. The number of hydrogen-bond donors (Lipinski definition) is 2. The van der Waals surface area contributed by atoms with Crippen molar-refractivity contribution in [3.8, 4) is 0 Å². The molecule has 0 heterocycles. The molecule has 0 radical (unpaired) electrons. The highest BCUT2D eigenvalue weighted by atomic mass is 35.5. The normalized spacial score (nSPS) is 11.2. The van der Waals surface area contributed by atoms with Crippen LogP contribution in [0.1, 0.15) is 39.5 Å². The van der Waals surface area contributed by atoms with Crippen molar-refractivity contribution < 1.29 is 9.18 Å². The largest absolute Gasteiger partial charge is 0.392 e. The highest BCUT2D eigenvalue weighted by molar-refractivity contribution is 7.80. The molecule has 1 amide bonds. The minimum Gasteiger partial charge on any atom is -0.392 e. The maximum atomic E-state index is 13.1. The number of benzene rings is 1. The van der Waals surface area contributed by atoms with Gasteiger partial charge in [-0.25, -0.2) is 4.39 Å². The molecule has 3 N–H and O–H groups in total. The molecule has 0 unspecified atom stereocenters. The van der Waals surface area contributed by atoms with Crippen molar-refractivity contribution in [3.63, 3.8) is 0 Å². The van der Waals surface area contributed by atoms with E-state index < -0.39 is 11.2 Å². The van der Waals surface area contributed by atoms with Crippen molar-refractivity contribution in [1.82, 2.24) is 0 Å². The van der Waals surface area contributed by atoms with Gasteiger partial charge in [0.05, 0.1) is 21.1 Å². The van der Waals surface area contributed by atoms with Crippen LogP contribution in [0.2, 0.25) is 5.02 Å². The van der Waals surface area contributed by atoms with E-state index in [4.69, 9.17) is 29.6 Å². The smallest absolute Gasteiger partial charge is 0.237 e. The minimum absolute atomic E-state index is 0.146. The molecule has 0 atom stereocenters. The summed E-state index contributed by atoms with van der Waals surface area (Å²) in [7, 11) is 0. The average molecular weight is 331 g/mol. The van der Waals surface area contributed by atoms with Gasteiger partial charge in [-0.05, 0) is 31.0 Å². The molecule has 1 aromatic carbocycles. The number of hydrogen-bond acceptors (Lipinski definition) is 2. The zero-order chi connectivity index (χ0) is 16.0. The van der Waals surface area contributed by atoms with Gasteiger partial charge >= 0.3 is 0 Å². The second-order valence-corrected chi connectivity index (χ2v) is 5.87. The molecule has 1 aromatic rings. The first-order valence-electron chi connectivity index (χ1n) is 6.93. The Bertz CT molecular complexity index is 530. The zero-order valence-corrected chi connectivity index (χ0v) is 13.8. The fourth-order valence-corrected chi connectivity index (χ4v) is 2.91. The van der Waals surface area contributed by atoms with E-state index >= 15 is 0 Å². The van der Waals surface area contributed by atoms with Crippen LogP contribution in [0.15, 0.2) is 18.2 Å². The monoisotopic (exact) mass is 330 g/mol. The number of carbonyl (C=O) groups is 1. The molecule has 0 aromatic heterocycles. The Kier molecular flexibility index (Phi) is 6.55. The highest BCUT2D eigenvalue weighted by Crippen LogP contribution is 2.33. The summed E-state index contributed by atoms with van der Waals surface area (Å²) in [6.07, 6.45) is 2.70. The summed E-state index contributed by atoms with van der Waals surface area (Å²) in [5.41, 5.74) is 5.30. The Hall–Kier alpha value is -1.20. The van der Waals surface area contributed by atoms with Gasteiger partial charge in [0.15, 0.2) is 0 Å². The van der Waals surface area contributed by atoms with Gasteiger partial charge in [-0.3, -0.25) is 4.79 Å². The van der Waals surface area contributed by atoms with Crippen LogP contribution in [-0.2, 0) is 4.79 Å². The molecule has 116 valence electrons. The van der Waals surface area contributed by atoms with Crippen LogP contribution in [0.4, 0.5) is 10.1 Å². The maximum absolute atomic E-state index is 13.1. The molecule has 0 aliphatic rings. The van der Waals surface area contributed by atoms with Gasteiger partial charge in [0.1, 0.15) is 5.82 Å². The van der Waals surface area contributed by atoms with Crippen LogP contribution in [0.5, 0.6) is 0 Å². The van der Waals surface area contributed by atoms with Crippen molar-refractivity contribution in [2.45, 2.75) is 39.5 Å². The molecular weight excluding hydrogens is 311 g/mol. The van der Waals surface area contributed by atoms with Crippen molar-refractivity contribution in [3.05, 3.63) is 29.0 Å². The van der Waals surface area contributed by atoms with Gasteiger partial charge in [0.2, 0.25) is 5.91 Å². The van der Waals surface area contributed by atoms with Gasteiger partial charge in [0.25, 0.3) is 0 Å². The molecule has 0 fully saturated rings. The number of nitrogens with two attached hydrogens (primary N) is 1. The van der Waals surface area contributed by atoms with E-state index in [-0.39, 0.29) is 15.9 Å². The first-order valence-corrected chi connectivity index (χ1v) is 7.72. The van der Waals surface area contributed by atoms with Crippen molar-refractivity contribution in [2.24, 2.45) is 11.1 Å². The molecule has 0 spiro atoms. The van der Waals surface area contributed by atoms with Gasteiger partial charge in [-0.1, -0.05) is 50.5 Å². The number of carbonyl (C=O) groups excluding carboxylic acids is 1. The van der Waals surface area contributed by atoms with E-state index in [0.29, 0.717) is 18.5 Å². The van der Waals surface area contributed by atoms with Crippen LogP contribution in [0.3, 0.4) is 0 Å². The first kappa shape index (κ1) is 17.9. The number of thiocarbonyl (C=S) groups is 1. The number of amides is 1.